The van der Waals surface area contributed by atoms with Gasteiger partial charge in [0, 0.05) is 25.4 Å². The normalized spacial score (nSPS) is 15.9. The number of nitrogens with zero attached hydrogens (tertiary/aromatic N) is 2. The third kappa shape index (κ3) is 5.06. The summed E-state index contributed by atoms with van der Waals surface area (Å²) in [6, 6.07) is 0.399. The van der Waals surface area contributed by atoms with Gasteiger partial charge in [-0.3, -0.25) is 4.79 Å². The average molecular weight is 241 g/mol. The lowest BCUT2D eigenvalue weighted by Crippen LogP contribution is -2.35. The Morgan fingerprint density at radius 2 is 2.12 bits per heavy atom. The second-order valence-corrected chi connectivity index (χ2v) is 4.62. The molecule has 1 fully saturated rings. The molecule has 3 N–H and O–H groups in total. The van der Waals surface area contributed by atoms with E-state index in [0.29, 0.717) is 25.4 Å². The lowest BCUT2D eigenvalue weighted by molar-refractivity contribution is -0.131. The van der Waals surface area contributed by atoms with Gasteiger partial charge >= 0.3 is 0 Å². The van der Waals surface area contributed by atoms with Gasteiger partial charge in [-0.05, 0) is 19.3 Å². The predicted molar refractivity (Wildman–Crippen MR) is 66.9 cm³/mol. The molecule has 0 heterocycles. The number of unbranched alkanes of at least 4 members (excludes halogenated alkanes) is 2. The molecule has 17 heavy (non-hydrogen) atoms. The fourth-order valence-corrected chi connectivity index (χ4v) is 1.85. The number of carbonyl (C=O) groups excluding carboxylic acids is 1. The highest BCUT2D eigenvalue weighted by atomic mass is 16.4. The zero-order valence-electron chi connectivity index (χ0n) is 10.6. The first-order chi connectivity index (χ1) is 8.19. The van der Waals surface area contributed by atoms with Crippen LogP contribution in [0.4, 0.5) is 0 Å². The van der Waals surface area contributed by atoms with E-state index in [2.05, 4.69) is 12.1 Å². The van der Waals surface area contributed by atoms with E-state index in [9.17, 15) is 4.79 Å². The van der Waals surface area contributed by atoms with Crippen LogP contribution in [0.2, 0.25) is 0 Å². The summed E-state index contributed by atoms with van der Waals surface area (Å²) in [5, 5.41) is 11.4. The van der Waals surface area contributed by atoms with Crippen molar-refractivity contribution in [2.45, 2.75) is 57.9 Å². The van der Waals surface area contributed by atoms with Gasteiger partial charge in [0.05, 0.1) is 0 Å². The molecule has 1 amide bonds. The van der Waals surface area contributed by atoms with Gasteiger partial charge < -0.3 is 15.8 Å². The summed E-state index contributed by atoms with van der Waals surface area (Å²) in [5.41, 5.74) is 5.43. The molecule has 0 radical (unpaired) electrons. The summed E-state index contributed by atoms with van der Waals surface area (Å²) in [4.78, 5) is 13.9. The number of hydrogen-bond acceptors (Lipinski definition) is 3. The molecule has 1 aliphatic rings. The Balaban J connectivity index is 2.34. The molecule has 1 saturated carbocycles. The maximum atomic E-state index is 12.0. The number of amides is 1. The Hall–Kier alpha value is -1.26. The van der Waals surface area contributed by atoms with E-state index in [1.807, 2.05) is 4.90 Å². The maximum absolute atomic E-state index is 12.0. The van der Waals surface area contributed by atoms with E-state index >= 15 is 0 Å². The van der Waals surface area contributed by atoms with Crippen molar-refractivity contribution in [1.82, 2.24) is 4.90 Å². The first kappa shape index (κ1) is 13.8. The summed E-state index contributed by atoms with van der Waals surface area (Å²) >= 11 is 0. The Bertz CT molecular complexity index is 275. The lowest BCUT2D eigenvalue weighted by Gasteiger charge is -2.22. The molecule has 0 saturated heterocycles. The van der Waals surface area contributed by atoms with Crippen LogP contribution in [0.1, 0.15) is 51.9 Å². The zero-order valence-corrected chi connectivity index (χ0v) is 10.6. The van der Waals surface area contributed by atoms with Crippen molar-refractivity contribution in [2.75, 3.05) is 6.54 Å². The highest BCUT2D eigenvalue weighted by molar-refractivity contribution is 5.81. The van der Waals surface area contributed by atoms with Crippen LogP contribution in [-0.2, 0) is 4.79 Å². The van der Waals surface area contributed by atoms with Gasteiger partial charge in [0.15, 0.2) is 0 Å². The first-order valence-electron chi connectivity index (χ1n) is 6.45. The molecule has 0 unspecified atom stereocenters. The molecule has 5 nitrogen and oxygen atoms in total. The van der Waals surface area contributed by atoms with Crippen molar-refractivity contribution in [3.05, 3.63) is 0 Å². The Kier molecular flexibility index (Phi) is 5.80. The van der Waals surface area contributed by atoms with Crippen molar-refractivity contribution in [1.29, 1.82) is 0 Å². The lowest BCUT2D eigenvalue weighted by atomic mass is 10.2. The van der Waals surface area contributed by atoms with E-state index in [1.165, 1.54) is 0 Å². The first-order valence-corrected chi connectivity index (χ1v) is 6.45. The third-order valence-electron chi connectivity index (χ3n) is 3.04. The summed E-state index contributed by atoms with van der Waals surface area (Å²) in [5.74, 6) is 0.406. The van der Waals surface area contributed by atoms with Crippen LogP contribution in [-0.4, -0.2) is 34.4 Å². The van der Waals surface area contributed by atoms with Crippen LogP contribution >= 0.6 is 0 Å². The number of amidine groups is 1. The number of rotatable bonds is 8. The summed E-state index contributed by atoms with van der Waals surface area (Å²) in [6.07, 6.45) is 6.45. The molecular formula is C12H23N3O2. The van der Waals surface area contributed by atoms with Crippen molar-refractivity contribution in [3.63, 3.8) is 0 Å². The largest absolute Gasteiger partial charge is 0.409 e. The molecular weight excluding hydrogens is 218 g/mol. The molecule has 1 aliphatic carbocycles. The zero-order chi connectivity index (χ0) is 12.7. The van der Waals surface area contributed by atoms with E-state index in [-0.39, 0.29) is 11.7 Å². The molecule has 0 bridgehead atoms. The standard InChI is InChI=1S/C12H23N3O2/c1-2-3-4-5-12(16)15(10-6-7-10)9-8-11(13)14-17/h10,17H,2-9H2,1H3,(H2,13,14). The third-order valence-corrected chi connectivity index (χ3v) is 3.04. The smallest absolute Gasteiger partial charge is 0.222 e. The van der Waals surface area contributed by atoms with Crippen LogP contribution < -0.4 is 5.73 Å². The minimum absolute atomic E-state index is 0.192. The van der Waals surface area contributed by atoms with Gasteiger partial charge in [-0.1, -0.05) is 24.9 Å². The highest BCUT2D eigenvalue weighted by Gasteiger charge is 2.31. The van der Waals surface area contributed by atoms with Crippen molar-refractivity contribution in [2.24, 2.45) is 10.9 Å². The second kappa shape index (κ2) is 7.14. The molecule has 98 valence electrons. The molecule has 1 rings (SSSR count). The van der Waals surface area contributed by atoms with Crippen LogP contribution in [0, 0.1) is 0 Å². The van der Waals surface area contributed by atoms with Crippen LogP contribution in [0.25, 0.3) is 0 Å². The van der Waals surface area contributed by atoms with Gasteiger partial charge in [-0.2, -0.15) is 0 Å². The minimum Gasteiger partial charge on any atom is -0.409 e. The quantitative estimate of drug-likeness (QED) is 0.223. The van der Waals surface area contributed by atoms with Gasteiger partial charge in [0.25, 0.3) is 0 Å². The van der Waals surface area contributed by atoms with Crippen LogP contribution in [0.3, 0.4) is 0 Å². The summed E-state index contributed by atoms with van der Waals surface area (Å²) < 4.78 is 0. The SMILES string of the molecule is CCCCCC(=O)N(CC/C(N)=N/O)C1CC1. The number of carbonyl (C=O) groups is 1. The molecule has 5 heteroatoms. The topological polar surface area (TPSA) is 78.9 Å². The molecule has 0 aromatic rings. The molecule has 0 atom stereocenters. The number of oxime groups is 1. The van der Waals surface area contributed by atoms with Gasteiger partial charge in [0.1, 0.15) is 5.84 Å². The average Bonchev–Trinajstić information content (AvgIpc) is 3.13. The highest BCUT2D eigenvalue weighted by Crippen LogP contribution is 2.27. The summed E-state index contributed by atoms with van der Waals surface area (Å²) in [6.45, 7) is 2.70. The van der Waals surface area contributed by atoms with E-state index in [4.69, 9.17) is 10.9 Å². The Labute approximate surface area is 103 Å². The monoisotopic (exact) mass is 241 g/mol. The minimum atomic E-state index is 0.192. The molecule has 0 aromatic heterocycles. The van der Waals surface area contributed by atoms with Gasteiger partial charge in [-0.15, -0.1) is 0 Å². The van der Waals surface area contributed by atoms with Crippen molar-refractivity contribution >= 4 is 11.7 Å². The van der Waals surface area contributed by atoms with E-state index in [0.717, 1.165) is 32.1 Å². The molecule has 0 aliphatic heterocycles. The van der Waals surface area contributed by atoms with E-state index < -0.39 is 0 Å². The fourth-order valence-electron chi connectivity index (χ4n) is 1.85. The molecule has 0 spiro atoms. The fraction of sp³-hybridized carbons (Fsp3) is 0.833. The number of nitrogens with two attached hydrogens (primary N) is 1. The Morgan fingerprint density at radius 1 is 1.41 bits per heavy atom. The van der Waals surface area contributed by atoms with Crippen LogP contribution in [0.5, 0.6) is 0 Å². The predicted octanol–water partition coefficient (Wildman–Crippen LogP) is 1.69. The van der Waals surface area contributed by atoms with Crippen LogP contribution in [0.15, 0.2) is 5.16 Å². The molecule has 0 aromatic carbocycles. The van der Waals surface area contributed by atoms with E-state index in [1.54, 1.807) is 0 Å². The van der Waals surface area contributed by atoms with Gasteiger partial charge in [0.2, 0.25) is 5.91 Å². The summed E-state index contributed by atoms with van der Waals surface area (Å²) in [7, 11) is 0. The maximum Gasteiger partial charge on any atom is 0.222 e. The second-order valence-electron chi connectivity index (χ2n) is 4.62. The number of hydrogen-bond donors (Lipinski definition) is 2. The van der Waals surface area contributed by atoms with Gasteiger partial charge in [-0.25, -0.2) is 0 Å². The Morgan fingerprint density at radius 3 is 2.65 bits per heavy atom. The van der Waals surface area contributed by atoms with Crippen molar-refractivity contribution < 1.29 is 10.0 Å². The van der Waals surface area contributed by atoms with Crippen molar-refractivity contribution in [3.8, 4) is 0 Å².